The van der Waals surface area contributed by atoms with Crippen molar-refractivity contribution in [2.45, 2.75) is 0 Å². The fourth-order valence-corrected chi connectivity index (χ4v) is 2.75. The van der Waals surface area contributed by atoms with E-state index in [1.807, 2.05) is 12.1 Å². The topological polar surface area (TPSA) is 66.8 Å². The Balaban J connectivity index is 1.76. The van der Waals surface area contributed by atoms with Crippen LogP contribution in [0.1, 0.15) is 0 Å². The quantitative estimate of drug-likeness (QED) is 0.864. The molecule has 3 atom stereocenters. The summed E-state index contributed by atoms with van der Waals surface area (Å²) in [6.07, 6.45) is 0. The number of piperidine rings is 1. The highest BCUT2D eigenvalue weighted by Gasteiger charge is 2.65. The molecule has 2 fully saturated rings. The molecule has 1 aliphatic carbocycles. The molecule has 0 bridgehead atoms. The lowest BCUT2D eigenvalue weighted by atomic mass is 10.2. The number of hydrogen-bond acceptors (Lipinski definition) is 3. The standard InChI is InChI=1S/C13H13NO4/c1-18-8-4-2-7(3-5-8)14-6-9-10(12(14)15)11(9)13(16)17/h2-5,9-11H,6H2,1H3,(H,16,17). The predicted molar refractivity (Wildman–Crippen MR) is 63.5 cm³/mol. The van der Waals surface area contributed by atoms with Gasteiger partial charge in [0.1, 0.15) is 5.75 Å². The number of fused-ring (bicyclic) bond motifs is 1. The maximum atomic E-state index is 12.0. The van der Waals surface area contributed by atoms with Crippen molar-refractivity contribution >= 4 is 17.6 Å². The number of carboxylic acid groups (broad SMARTS) is 1. The summed E-state index contributed by atoms with van der Waals surface area (Å²) in [5.41, 5.74) is 0.803. The molecule has 5 heteroatoms. The summed E-state index contributed by atoms with van der Waals surface area (Å²) < 4.78 is 5.06. The van der Waals surface area contributed by atoms with Crippen LogP contribution in [-0.2, 0) is 9.59 Å². The highest BCUT2D eigenvalue weighted by molar-refractivity contribution is 6.04. The van der Waals surface area contributed by atoms with Crippen molar-refractivity contribution < 1.29 is 19.4 Å². The number of nitrogens with zero attached hydrogens (tertiary/aromatic N) is 1. The number of rotatable bonds is 3. The summed E-state index contributed by atoms with van der Waals surface area (Å²) >= 11 is 0. The number of carboxylic acids is 1. The van der Waals surface area contributed by atoms with E-state index in [2.05, 4.69) is 0 Å². The fraction of sp³-hybridized carbons (Fsp3) is 0.385. The Hall–Kier alpha value is -2.04. The van der Waals surface area contributed by atoms with Crippen LogP contribution in [0, 0.1) is 17.8 Å². The third-order valence-corrected chi connectivity index (χ3v) is 3.78. The Morgan fingerprint density at radius 2 is 2.06 bits per heavy atom. The lowest BCUT2D eigenvalue weighted by Gasteiger charge is -2.19. The van der Waals surface area contributed by atoms with Crippen molar-refractivity contribution in [1.82, 2.24) is 0 Å². The molecule has 1 aliphatic heterocycles. The minimum atomic E-state index is -0.854. The number of methoxy groups -OCH3 is 1. The van der Waals surface area contributed by atoms with Gasteiger partial charge in [0.25, 0.3) is 0 Å². The molecule has 0 aromatic heterocycles. The lowest BCUT2D eigenvalue weighted by molar-refractivity contribution is -0.140. The Morgan fingerprint density at radius 1 is 1.39 bits per heavy atom. The molecule has 0 spiro atoms. The summed E-state index contributed by atoms with van der Waals surface area (Å²) in [5.74, 6) is -0.988. The number of carbonyl (C=O) groups is 2. The van der Waals surface area contributed by atoms with E-state index >= 15 is 0 Å². The van der Waals surface area contributed by atoms with E-state index in [-0.39, 0.29) is 17.7 Å². The van der Waals surface area contributed by atoms with Crippen LogP contribution in [0.5, 0.6) is 5.75 Å². The van der Waals surface area contributed by atoms with Crippen LogP contribution in [0.25, 0.3) is 0 Å². The van der Waals surface area contributed by atoms with Crippen molar-refractivity contribution in [1.29, 1.82) is 0 Å². The molecule has 0 radical (unpaired) electrons. The van der Waals surface area contributed by atoms with E-state index in [1.165, 1.54) is 0 Å². The van der Waals surface area contributed by atoms with Gasteiger partial charge in [-0.05, 0) is 24.3 Å². The van der Waals surface area contributed by atoms with Crippen LogP contribution >= 0.6 is 0 Å². The minimum absolute atomic E-state index is 0.0166. The van der Waals surface area contributed by atoms with Gasteiger partial charge in [-0.2, -0.15) is 0 Å². The van der Waals surface area contributed by atoms with Gasteiger partial charge < -0.3 is 14.7 Å². The Kier molecular flexibility index (Phi) is 2.29. The highest BCUT2D eigenvalue weighted by Crippen LogP contribution is 2.53. The molecule has 1 N–H and O–H groups in total. The first-order valence-electron chi connectivity index (χ1n) is 5.81. The van der Waals surface area contributed by atoms with E-state index in [0.29, 0.717) is 6.54 Å². The van der Waals surface area contributed by atoms with Gasteiger partial charge in [0, 0.05) is 18.2 Å². The fourth-order valence-electron chi connectivity index (χ4n) is 2.75. The summed E-state index contributed by atoms with van der Waals surface area (Å²) in [4.78, 5) is 24.6. The Bertz CT molecular complexity index is 510. The Morgan fingerprint density at radius 3 is 2.50 bits per heavy atom. The molecule has 3 unspecified atom stereocenters. The molecule has 3 rings (SSSR count). The van der Waals surface area contributed by atoms with Crippen molar-refractivity contribution in [3.05, 3.63) is 24.3 Å². The highest BCUT2D eigenvalue weighted by atomic mass is 16.5. The maximum absolute atomic E-state index is 12.0. The monoisotopic (exact) mass is 247 g/mol. The van der Waals surface area contributed by atoms with E-state index in [1.54, 1.807) is 24.1 Å². The lowest BCUT2D eigenvalue weighted by Crippen LogP contribution is -2.31. The summed E-state index contributed by atoms with van der Waals surface area (Å²) in [6, 6.07) is 7.22. The summed E-state index contributed by atoms with van der Waals surface area (Å²) in [5, 5.41) is 8.91. The van der Waals surface area contributed by atoms with Crippen LogP contribution in [0.4, 0.5) is 5.69 Å². The number of carbonyl (C=O) groups excluding carboxylic acids is 1. The summed E-state index contributed by atoms with van der Waals surface area (Å²) in [7, 11) is 1.59. The number of aliphatic carboxylic acids is 1. The summed E-state index contributed by atoms with van der Waals surface area (Å²) in [6.45, 7) is 0.507. The maximum Gasteiger partial charge on any atom is 0.307 e. The SMILES string of the molecule is COc1ccc(N2CC3C(C(=O)O)C3C2=O)cc1. The van der Waals surface area contributed by atoms with E-state index in [4.69, 9.17) is 9.84 Å². The molecule has 1 amide bonds. The second-order valence-electron chi connectivity index (χ2n) is 4.70. The first kappa shape index (κ1) is 11.1. The van der Waals surface area contributed by atoms with Crippen molar-refractivity contribution in [2.75, 3.05) is 18.6 Å². The molecule has 1 heterocycles. The van der Waals surface area contributed by atoms with Crippen LogP contribution in [0.3, 0.4) is 0 Å². The van der Waals surface area contributed by atoms with Crippen LogP contribution in [-0.4, -0.2) is 30.6 Å². The van der Waals surface area contributed by atoms with Crippen LogP contribution < -0.4 is 9.64 Å². The van der Waals surface area contributed by atoms with Crippen molar-refractivity contribution in [3.8, 4) is 5.75 Å². The number of benzene rings is 1. The Labute approximate surface area is 104 Å². The van der Waals surface area contributed by atoms with Crippen molar-refractivity contribution in [3.63, 3.8) is 0 Å². The molecular weight excluding hydrogens is 234 g/mol. The first-order valence-corrected chi connectivity index (χ1v) is 5.81. The van der Waals surface area contributed by atoms with Gasteiger partial charge in [-0.3, -0.25) is 9.59 Å². The first-order chi connectivity index (χ1) is 8.63. The van der Waals surface area contributed by atoms with Gasteiger partial charge in [0.05, 0.1) is 18.9 Å². The zero-order valence-corrected chi connectivity index (χ0v) is 9.87. The molecule has 18 heavy (non-hydrogen) atoms. The second kappa shape index (κ2) is 3.73. The zero-order valence-electron chi connectivity index (χ0n) is 9.87. The van der Waals surface area contributed by atoms with Gasteiger partial charge in [-0.15, -0.1) is 0 Å². The molecule has 1 aromatic carbocycles. The smallest absolute Gasteiger partial charge is 0.307 e. The van der Waals surface area contributed by atoms with Gasteiger partial charge >= 0.3 is 5.97 Å². The number of amides is 1. The third-order valence-electron chi connectivity index (χ3n) is 3.78. The average molecular weight is 247 g/mol. The molecule has 94 valence electrons. The van der Waals surface area contributed by atoms with Crippen LogP contribution in [0.15, 0.2) is 24.3 Å². The average Bonchev–Trinajstić information content (AvgIpc) is 3.01. The second-order valence-corrected chi connectivity index (χ2v) is 4.70. The predicted octanol–water partition coefficient (Wildman–Crippen LogP) is 0.989. The normalized spacial score (nSPS) is 29.1. The van der Waals surface area contributed by atoms with Gasteiger partial charge in [0.15, 0.2) is 0 Å². The van der Waals surface area contributed by atoms with Gasteiger partial charge in [0.2, 0.25) is 5.91 Å². The third kappa shape index (κ3) is 1.47. The zero-order chi connectivity index (χ0) is 12.9. The van der Waals surface area contributed by atoms with Crippen LogP contribution in [0.2, 0.25) is 0 Å². The number of hydrogen-bond donors (Lipinski definition) is 1. The van der Waals surface area contributed by atoms with Gasteiger partial charge in [-0.1, -0.05) is 0 Å². The molecule has 5 nitrogen and oxygen atoms in total. The van der Waals surface area contributed by atoms with Gasteiger partial charge in [-0.25, -0.2) is 0 Å². The van der Waals surface area contributed by atoms with Crippen molar-refractivity contribution in [2.24, 2.45) is 17.8 Å². The molecule has 1 saturated heterocycles. The van der Waals surface area contributed by atoms with E-state index in [0.717, 1.165) is 11.4 Å². The molecular formula is C13H13NO4. The number of anilines is 1. The molecule has 1 aromatic rings. The minimum Gasteiger partial charge on any atom is -0.497 e. The number of ether oxygens (including phenoxy) is 1. The molecule has 2 aliphatic rings. The van der Waals surface area contributed by atoms with E-state index in [9.17, 15) is 9.59 Å². The van der Waals surface area contributed by atoms with E-state index < -0.39 is 11.9 Å². The largest absolute Gasteiger partial charge is 0.497 e. The molecule has 1 saturated carbocycles.